The van der Waals surface area contributed by atoms with Crippen molar-refractivity contribution in [2.45, 2.75) is 20.5 Å². The zero-order valence-electron chi connectivity index (χ0n) is 12.4. The van der Waals surface area contributed by atoms with Crippen molar-refractivity contribution in [2.75, 3.05) is 0 Å². The summed E-state index contributed by atoms with van der Waals surface area (Å²) < 4.78 is 1.81. The Labute approximate surface area is 127 Å². The lowest BCUT2D eigenvalue weighted by Crippen LogP contribution is -1.90. The molecule has 6 heteroatoms. The predicted molar refractivity (Wildman–Crippen MR) is 82.9 cm³/mol. The van der Waals surface area contributed by atoms with Crippen molar-refractivity contribution < 1.29 is 10.2 Å². The van der Waals surface area contributed by atoms with Crippen LogP contribution in [-0.2, 0) is 6.61 Å². The van der Waals surface area contributed by atoms with Crippen molar-refractivity contribution in [1.29, 1.82) is 0 Å². The van der Waals surface area contributed by atoms with Crippen LogP contribution in [0.15, 0.2) is 46.8 Å². The molecule has 0 radical (unpaired) electrons. The van der Waals surface area contributed by atoms with Gasteiger partial charge in [0.15, 0.2) is 5.82 Å². The topological polar surface area (TPSA) is 82.5 Å². The largest absolute Gasteiger partial charge is 0.508 e. The van der Waals surface area contributed by atoms with Crippen LogP contribution < -0.4 is 0 Å². The number of fused-ring (bicyclic) bond motifs is 1. The third kappa shape index (κ3) is 2.44. The standard InChI is InChI=1S/C16H16N4O2/c1-10-8-13(22)5-6-14(10)18-19-15-11(2)17-16-12(9-21)4-3-7-20(15)16/h3-8,21-22H,9H2,1-2H3. The van der Waals surface area contributed by atoms with E-state index in [4.69, 9.17) is 0 Å². The number of hydrogen-bond donors (Lipinski definition) is 2. The van der Waals surface area contributed by atoms with E-state index in [1.165, 1.54) is 0 Å². The molecular formula is C16H16N4O2. The Hall–Kier alpha value is -2.73. The van der Waals surface area contributed by atoms with Gasteiger partial charge in [0.25, 0.3) is 0 Å². The Bertz CT molecular complexity index is 868. The van der Waals surface area contributed by atoms with E-state index in [0.717, 1.165) is 16.8 Å². The highest BCUT2D eigenvalue weighted by Crippen LogP contribution is 2.27. The van der Waals surface area contributed by atoms with Crippen LogP contribution in [0.4, 0.5) is 11.5 Å². The molecule has 22 heavy (non-hydrogen) atoms. The van der Waals surface area contributed by atoms with Gasteiger partial charge in [-0.2, -0.15) is 0 Å². The number of azo groups is 1. The molecule has 0 spiro atoms. The first-order chi connectivity index (χ1) is 10.6. The maximum absolute atomic E-state index is 9.42. The van der Waals surface area contributed by atoms with Gasteiger partial charge < -0.3 is 10.2 Å². The van der Waals surface area contributed by atoms with E-state index in [1.54, 1.807) is 22.6 Å². The summed E-state index contributed by atoms with van der Waals surface area (Å²) in [6.45, 7) is 3.64. The number of nitrogens with zero attached hydrogens (tertiary/aromatic N) is 4. The minimum atomic E-state index is -0.0750. The first kappa shape index (κ1) is 14.2. The number of aliphatic hydroxyl groups is 1. The molecule has 2 heterocycles. The average Bonchev–Trinajstić information content (AvgIpc) is 2.82. The molecule has 0 saturated heterocycles. The predicted octanol–water partition coefficient (Wildman–Crippen LogP) is 3.56. The van der Waals surface area contributed by atoms with Crippen LogP contribution in [0.25, 0.3) is 5.65 Å². The minimum Gasteiger partial charge on any atom is -0.508 e. The highest BCUT2D eigenvalue weighted by atomic mass is 16.3. The van der Waals surface area contributed by atoms with Crippen LogP contribution in [0.2, 0.25) is 0 Å². The van der Waals surface area contributed by atoms with Gasteiger partial charge in [0.2, 0.25) is 0 Å². The number of pyridine rings is 1. The second-order valence-corrected chi connectivity index (χ2v) is 5.08. The molecule has 0 unspecified atom stereocenters. The Kier molecular flexibility index (Phi) is 3.60. The molecule has 0 aliphatic rings. The number of phenols is 1. The second kappa shape index (κ2) is 5.57. The molecule has 0 atom stereocenters. The number of rotatable bonds is 3. The van der Waals surface area contributed by atoms with Crippen molar-refractivity contribution in [3.63, 3.8) is 0 Å². The lowest BCUT2D eigenvalue weighted by molar-refractivity contribution is 0.282. The molecule has 0 fully saturated rings. The molecule has 3 aromatic rings. The quantitative estimate of drug-likeness (QED) is 0.725. The summed E-state index contributed by atoms with van der Waals surface area (Å²) >= 11 is 0. The lowest BCUT2D eigenvalue weighted by Gasteiger charge is -2.01. The van der Waals surface area contributed by atoms with E-state index in [9.17, 15) is 10.2 Å². The van der Waals surface area contributed by atoms with Gasteiger partial charge in [0.1, 0.15) is 11.4 Å². The Morgan fingerprint density at radius 1 is 1.18 bits per heavy atom. The van der Waals surface area contributed by atoms with Crippen LogP contribution in [0.5, 0.6) is 5.75 Å². The molecule has 1 aromatic carbocycles. The van der Waals surface area contributed by atoms with Crippen LogP contribution in [0, 0.1) is 13.8 Å². The second-order valence-electron chi connectivity index (χ2n) is 5.08. The number of benzene rings is 1. The van der Waals surface area contributed by atoms with E-state index in [2.05, 4.69) is 15.2 Å². The highest BCUT2D eigenvalue weighted by Gasteiger charge is 2.11. The van der Waals surface area contributed by atoms with Crippen LogP contribution in [-0.4, -0.2) is 19.6 Å². The molecule has 0 aliphatic heterocycles. The molecule has 0 saturated carbocycles. The van der Waals surface area contributed by atoms with Gasteiger partial charge in [-0.3, -0.25) is 4.40 Å². The van der Waals surface area contributed by atoms with Crippen molar-refractivity contribution in [2.24, 2.45) is 10.2 Å². The SMILES string of the molecule is Cc1cc(O)ccc1N=Nc1c(C)nc2c(CO)cccn12. The number of aromatic nitrogens is 2. The summed E-state index contributed by atoms with van der Waals surface area (Å²) in [5, 5.41) is 27.3. The number of imidazole rings is 1. The monoisotopic (exact) mass is 296 g/mol. The molecule has 2 N–H and O–H groups in total. The van der Waals surface area contributed by atoms with Gasteiger partial charge in [-0.05, 0) is 43.7 Å². The van der Waals surface area contributed by atoms with Crippen molar-refractivity contribution in [1.82, 2.24) is 9.38 Å². The first-order valence-electron chi connectivity index (χ1n) is 6.89. The van der Waals surface area contributed by atoms with E-state index >= 15 is 0 Å². The molecule has 2 aromatic heterocycles. The molecule has 6 nitrogen and oxygen atoms in total. The number of aromatic hydroxyl groups is 1. The summed E-state index contributed by atoms with van der Waals surface area (Å²) in [7, 11) is 0. The van der Waals surface area contributed by atoms with E-state index in [0.29, 0.717) is 17.2 Å². The van der Waals surface area contributed by atoms with Crippen molar-refractivity contribution >= 4 is 17.2 Å². The summed E-state index contributed by atoms with van der Waals surface area (Å²) in [5.41, 5.74) is 3.68. The summed E-state index contributed by atoms with van der Waals surface area (Å²) in [4.78, 5) is 4.44. The number of hydrogen-bond acceptors (Lipinski definition) is 5. The Morgan fingerprint density at radius 2 is 2.00 bits per heavy atom. The maximum atomic E-state index is 9.42. The van der Waals surface area contributed by atoms with Crippen LogP contribution in [0.3, 0.4) is 0 Å². The molecule has 0 bridgehead atoms. The normalized spacial score (nSPS) is 11.6. The van der Waals surface area contributed by atoms with Crippen LogP contribution in [0.1, 0.15) is 16.8 Å². The summed E-state index contributed by atoms with van der Waals surface area (Å²) in [6.07, 6.45) is 1.84. The summed E-state index contributed by atoms with van der Waals surface area (Å²) in [5.74, 6) is 0.827. The van der Waals surface area contributed by atoms with E-state index in [1.807, 2.05) is 32.2 Å². The number of phenolic OH excluding ortho intramolecular Hbond substituents is 1. The van der Waals surface area contributed by atoms with Gasteiger partial charge in [-0.25, -0.2) is 4.98 Å². The van der Waals surface area contributed by atoms with E-state index in [-0.39, 0.29) is 12.4 Å². The van der Waals surface area contributed by atoms with Crippen molar-refractivity contribution in [3.8, 4) is 5.75 Å². The molecule has 0 amide bonds. The van der Waals surface area contributed by atoms with Crippen LogP contribution >= 0.6 is 0 Å². The molecular weight excluding hydrogens is 280 g/mol. The van der Waals surface area contributed by atoms with Gasteiger partial charge in [0.05, 0.1) is 18.0 Å². The Balaban J connectivity index is 2.07. The molecule has 0 aliphatic carbocycles. The zero-order chi connectivity index (χ0) is 15.7. The van der Waals surface area contributed by atoms with Gasteiger partial charge in [-0.1, -0.05) is 6.07 Å². The fourth-order valence-electron chi connectivity index (χ4n) is 2.32. The van der Waals surface area contributed by atoms with Gasteiger partial charge in [-0.15, -0.1) is 10.2 Å². The van der Waals surface area contributed by atoms with Gasteiger partial charge >= 0.3 is 0 Å². The lowest BCUT2D eigenvalue weighted by atomic mass is 10.2. The van der Waals surface area contributed by atoms with E-state index < -0.39 is 0 Å². The molecule has 112 valence electrons. The number of aryl methyl sites for hydroxylation is 2. The number of aliphatic hydroxyl groups excluding tert-OH is 1. The summed E-state index contributed by atoms with van der Waals surface area (Å²) in [6, 6.07) is 8.59. The zero-order valence-corrected chi connectivity index (χ0v) is 12.4. The molecule has 3 rings (SSSR count). The Morgan fingerprint density at radius 3 is 2.73 bits per heavy atom. The van der Waals surface area contributed by atoms with Crippen molar-refractivity contribution in [3.05, 3.63) is 53.3 Å². The smallest absolute Gasteiger partial charge is 0.182 e. The average molecular weight is 296 g/mol. The maximum Gasteiger partial charge on any atom is 0.182 e. The fraction of sp³-hybridized carbons (Fsp3) is 0.188. The first-order valence-corrected chi connectivity index (χ1v) is 6.89. The van der Waals surface area contributed by atoms with Gasteiger partial charge in [0, 0.05) is 11.8 Å². The third-order valence-electron chi connectivity index (χ3n) is 3.48. The minimum absolute atomic E-state index is 0.0750. The fourth-order valence-corrected chi connectivity index (χ4v) is 2.32. The highest BCUT2D eigenvalue weighted by molar-refractivity contribution is 5.57. The third-order valence-corrected chi connectivity index (χ3v) is 3.48.